The Balaban J connectivity index is 0.00000544. The van der Waals surface area contributed by atoms with Gasteiger partial charge < -0.3 is 20.4 Å². The monoisotopic (exact) mass is 492 g/mol. The molecule has 0 saturated carbocycles. The van der Waals surface area contributed by atoms with Crippen LogP contribution < -0.4 is 0 Å². The van der Waals surface area contributed by atoms with E-state index in [1.165, 1.54) is 9.80 Å². The van der Waals surface area contributed by atoms with E-state index in [-0.39, 0.29) is 59.1 Å². The summed E-state index contributed by atoms with van der Waals surface area (Å²) >= 11 is 0. The predicted molar refractivity (Wildman–Crippen MR) is 126 cm³/mol. The molecule has 2 aromatic carbocycles. The van der Waals surface area contributed by atoms with Crippen molar-refractivity contribution < 1.29 is 39.6 Å². The van der Waals surface area contributed by atoms with E-state index >= 15 is 0 Å². The number of aliphatic carboxylic acids is 4. The maximum absolute atomic E-state index is 11.6. The molecule has 34 heavy (non-hydrogen) atoms. The molecule has 0 bridgehead atoms. The first-order valence-electron chi connectivity index (χ1n) is 9.64. The van der Waals surface area contributed by atoms with Crippen molar-refractivity contribution in [1.82, 2.24) is 9.80 Å². The molecule has 0 heterocycles. The fourth-order valence-electron chi connectivity index (χ4n) is 3.69. The van der Waals surface area contributed by atoms with E-state index < -0.39 is 62.1 Å². The third kappa shape index (κ3) is 10.2. The zero-order valence-corrected chi connectivity index (χ0v) is 17.1. The van der Waals surface area contributed by atoms with Crippen LogP contribution in [0.2, 0.25) is 0 Å². The molecule has 2 unspecified atom stereocenters. The van der Waals surface area contributed by atoms with Gasteiger partial charge in [0.25, 0.3) is 0 Å². The number of carboxylic acid groups (broad SMARTS) is 4. The first-order valence-corrected chi connectivity index (χ1v) is 9.64. The van der Waals surface area contributed by atoms with Crippen LogP contribution in [0.1, 0.15) is 23.2 Å². The summed E-state index contributed by atoms with van der Waals surface area (Å²) in [4.78, 5) is 48.7. The first-order chi connectivity index (χ1) is 15.2. The van der Waals surface area contributed by atoms with E-state index in [2.05, 4.69) is 0 Å². The van der Waals surface area contributed by atoms with E-state index in [0.717, 1.165) is 0 Å². The van der Waals surface area contributed by atoms with Crippen LogP contribution in [0, 0.1) is 0 Å². The van der Waals surface area contributed by atoms with Gasteiger partial charge in [0.05, 0.1) is 38.3 Å². The zero-order valence-electron chi connectivity index (χ0n) is 17.1. The molecule has 0 fully saturated rings. The molecule has 0 radical (unpaired) electrons. The summed E-state index contributed by atoms with van der Waals surface area (Å²) in [5.41, 5.74) is 1.04. The van der Waals surface area contributed by atoms with Gasteiger partial charge in [-0.3, -0.25) is 29.0 Å². The van der Waals surface area contributed by atoms with Gasteiger partial charge >= 0.3 is 83.0 Å². The van der Waals surface area contributed by atoms with Crippen LogP contribution in [0.5, 0.6) is 0 Å². The van der Waals surface area contributed by atoms with Gasteiger partial charge in [-0.25, -0.2) is 0 Å². The summed E-state index contributed by atoms with van der Waals surface area (Å²) in [6, 6.07) is 14.9. The molecule has 0 aliphatic heterocycles. The molecule has 0 aliphatic rings. The van der Waals surface area contributed by atoms with Crippen LogP contribution in [0.4, 0.5) is 0 Å². The average Bonchev–Trinajstić information content (AvgIpc) is 2.71. The third-order valence-corrected chi connectivity index (χ3v) is 4.72. The Morgan fingerprint density at radius 1 is 0.529 bits per heavy atom. The van der Waals surface area contributed by atoms with E-state index in [0.29, 0.717) is 11.1 Å². The number of hydrogen-bond donors (Lipinski definition) is 4. The molecule has 0 saturated heterocycles. The van der Waals surface area contributed by atoms with Crippen molar-refractivity contribution >= 4 is 83.0 Å². The summed E-state index contributed by atoms with van der Waals surface area (Å²) in [6.07, 6.45) is 0. The van der Waals surface area contributed by atoms with Crippen LogP contribution in [-0.4, -0.2) is 139 Å². The van der Waals surface area contributed by atoms with Crippen molar-refractivity contribution in [2.45, 2.75) is 12.1 Å². The molecule has 0 amide bonds. The Morgan fingerprint density at radius 2 is 0.765 bits per heavy atom. The molecule has 174 valence electrons. The second-order valence-corrected chi connectivity index (χ2v) is 7.10. The Kier molecular flexibility index (Phi) is 15.2. The standard InChI is InChI=1S/C22H24N2O8.2Na.2H/c25-17(26)11-23(12-18(27)28)21(15-7-3-1-4-8-15)22(16-9-5-2-6-10-16)24(13-19(29)30)14-20(31)32;;;;/h1-10,21-22H,11-14H2,(H,25,26)(H,27,28)(H,29,30)(H,31,32);;;;. The number of nitrogens with zero attached hydrogens (tertiary/aromatic N) is 2. The topological polar surface area (TPSA) is 156 Å². The van der Waals surface area contributed by atoms with Crippen molar-refractivity contribution in [2.75, 3.05) is 26.2 Å². The minimum absolute atomic E-state index is 0. The summed E-state index contributed by atoms with van der Waals surface area (Å²) in [5.74, 6) is -5.10. The van der Waals surface area contributed by atoms with E-state index in [4.69, 9.17) is 0 Å². The van der Waals surface area contributed by atoms with E-state index in [1.54, 1.807) is 60.7 Å². The van der Waals surface area contributed by atoms with Crippen molar-refractivity contribution in [3.63, 3.8) is 0 Å². The molecule has 0 aliphatic carbocycles. The zero-order chi connectivity index (χ0) is 23.7. The van der Waals surface area contributed by atoms with Gasteiger partial charge in [-0.05, 0) is 11.1 Å². The summed E-state index contributed by atoms with van der Waals surface area (Å²) in [7, 11) is 0. The molecule has 4 N–H and O–H groups in total. The van der Waals surface area contributed by atoms with Gasteiger partial charge in [-0.15, -0.1) is 0 Å². The fourth-order valence-corrected chi connectivity index (χ4v) is 3.69. The van der Waals surface area contributed by atoms with Crippen LogP contribution in [0.15, 0.2) is 60.7 Å². The molecule has 2 aromatic rings. The summed E-state index contributed by atoms with van der Waals surface area (Å²) in [5, 5.41) is 37.8. The van der Waals surface area contributed by atoms with Gasteiger partial charge in [-0.2, -0.15) is 0 Å². The second kappa shape index (κ2) is 16.0. The van der Waals surface area contributed by atoms with E-state index in [9.17, 15) is 39.6 Å². The minimum atomic E-state index is -1.28. The van der Waals surface area contributed by atoms with Gasteiger partial charge in [0.15, 0.2) is 0 Å². The normalized spacial score (nSPS) is 12.2. The molecule has 10 nitrogen and oxygen atoms in total. The van der Waals surface area contributed by atoms with Crippen molar-refractivity contribution in [2.24, 2.45) is 0 Å². The Bertz CT molecular complexity index is 837. The quantitative estimate of drug-likeness (QED) is 0.283. The van der Waals surface area contributed by atoms with E-state index in [1.807, 2.05) is 0 Å². The molecule has 12 heteroatoms. The molecular weight excluding hydrogens is 466 g/mol. The SMILES string of the molecule is O=C(O)CN(CC(=O)O)C(c1ccccc1)C(c1ccccc1)N(CC(=O)O)CC(=O)O.[NaH].[NaH]. The van der Waals surface area contributed by atoms with Crippen molar-refractivity contribution in [1.29, 1.82) is 0 Å². The Labute approximate surface area is 240 Å². The summed E-state index contributed by atoms with van der Waals surface area (Å²) < 4.78 is 0. The van der Waals surface area contributed by atoms with Crippen LogP contribution in [0.3, 0.4) is 0 Å². The average molecular weight is 492 g/mol. The predicted octanol–water partition coefficient (Wildman–Crippen LogP) is 0.114. The number of rotatable bonds is 13. The first kappa shape index (κ1) is 32.2. The molecular formula is C22H26N2Na2O8. The van der Waals surface area contributed by atoms with Gasteiger partial charge in [0, 0.05) is 0 Å². The number of carbonyl (C=O) groups is 4. The fraction of sp³-hybridized carbons (Fsp3) is 0.273. The molecule has 0 aromatic heterocycles. The van der Waals surface area contributed by atoms with Crippen molar-refractivity contribution in [3.8, 4) is 0 Å². The number of carboxylic acids is 4. The molecule has 0 spiro atoms. The molecule has 2 atom stereocenters. The van der Waals surface area contributed by atoms with Crippen molar-refractivity contribution in [3.05, 3.63) is 71.8 Å². The maximum atomic E-state index is 11.6. The Hall–Kier alpha value is -1.76. The molecule has 2 rings (SSSR count). The van der Waals surface area contributed by atoms with Gasteiger partial charge in [0.2, 0.25) is 0 Å². The number of benzene rings is 2. The van der Waals surface area contributed by atoms with Crippen LogP contribution >= 0.6 is 0 Å². The third-order valence-electron chi connectivity index (χ3n) is 4.72. The Morgan fingerprint density at radius 3 is 0.971 bits per heavy atom. The van der Waals surface area contributed by atoms with Gasteiger partial charge in [-0.1, -0.05) is 60.7 Å². The van der Waals surface area contributed by atoms with Crippen LogP contribution in [-0.2, 0) is 19.2 Å². The van der Waals surface area contributed by atoms with Crippen LogP contribution in [0.25, 0.3) is 0 Å². The number of hydrogen-bond acceptors (Lipinski definition) is 6. The second-order valence-electron chi connectivity index (χ2n) is 7.10. The summed E-state index contributed by atoms with van der Waals surface area (Å²) in [6.45, 7) is -2.60. The van der Waals surface area contributed by atoms with Gasteiger partial charge in [0.1, 0.15) is 0 Å².